The van der Waals surface area contributed by atoms with Crippen LogP contribution in [0.15, 0.2) is 91.1 Å². The van der Waals surface area contributed by atoms with Crippen molar-refractivity contribution in [1.82, 2.24) is 25.1 Å². The van der Waals surface area contributed by atoms with Gasteiger partial charge in [0.2, 0.25) is 17.7 Å². The molecule has 1 aromatic heterocycles. The molecule has 3 amide bonds. The number of H-pyrrole nitrogens is 1. The van der Waals surface area contributed by atoms with Gasteiger partial charge >= 0.3 is 0 Å². The fourth-order valence-electron chi connectivity index (χ4n) is 8.37. The molecule has 2 saturated heterocycles. The topological polar surface area (TPSA) is 98.4 Å². The lowest BCUT2D eigenvalue weighted by molar-refractivity contribution is -0.139. The number of hydrogen-bond acceptors (Lipinski definition) is 4. The third-order valence-corrected chi connectivity index (χ3v) is 11.4. The fourth-order valence-corrected chi connectivity index (χ4v) is 8.37. The minimum atomic E-state index is -0.385. The van der Waals surface area contributed by atoms with Gasteiger partial charge in [-0.25, -0.2) is 4.98 Å². The highest BCUT2D eigenvalue weighted by Crippen LogP contribution is 2.37. The average molecular weight is 672 g/mol. The molecular weight excluding hydrogens is 622 g/mol. The summed E-state index contributed by atoms with van der Waals surface area (Å²) in [6.07, 6.45) is 9.19. The number of benzene rings is 3. The van der Waals surface area contributed by atoms with Crippen molar-refractivity contribution >= 4 is 17.7 Å². The van der Waals surface area contributed by atoms with E-state index in [0.29, 0.717) is 12.5 Å². The number of amides is 3. The first-order valence-corrected chi connectivity index (χ1v) is 18.5. The number of carbonyl (C=O) groups is 3. The Labute approximate surface area is 295 Å². The number of imidazole rings is 1. The molecule has 0 unspecified atom stereocenters. The SMILES string of the molecule is C[C@@H](C(=O)N1CCC[C@H]1C(=O)N[C@H]1CC[C@H](c2cccc(-c3cnc([C@@H]4CCCN4C(=O)[C@H](C)c4ccccc4)[nH]3)c2)CC1)c1ccccc1. The summed E-state index contributed by atoms with van der Waals surface area (Å²) in [4.78, 5) is 52.5. The van der Waals surface area contributed by atoms with Gasteiger partial charge in [-0.1, -0.05) is 78.9 Å². The molecular formula is C42H49N5O3. The summed E-state index contributed by atoms with van der Waals surface area (Å²) in [7, 11) is 0. The van der Waals surface area contributed by atoms with Crippen molar-refractivity contribution in [1.29, 1.82) is 0 Å². The highest BCUT2D eigenvalue weighted by atomic mass is 16.2. The van der Waals surface area contributed by atoms with Gasteiger partial charge in [0.05, 0.1) is 29.8 Å². The second-order valence-corrected chi connectivity index (χ2v) is 14.5. The number of aromatic amines is 1. The number of likely N-dealkylation sites (tertiary alicyclic amines) is 2. The molecule has 7 rings (SSSR count). The van der Waals surface area contributed by atoms with Crippen LogP contribution in [0.2, 0.25) is 0 Å². The van der Waals surface area contributed by atoms with E-state index in [-0.39, 0.29) is 47.7 Å². The summed E-state index contributed by atoms with van der Waals surface area (Å²) < 4.78 is 0. The summed E-state index contributed by atoms with van der Waals surface area (Å²) in [5.74, 6) is 0.995. The van der Waals surface area contributed by atoms with Gasteiger partial charge in [-0.2, -0.15) is 0 Å². The molecule has 260 valence electrons. The van der Waals surface area contributed by atoms with Crippen LogP contribution >= 0.6 is 0 Å². The molecule has 8 heteroatoms. The lowest BCUT2D eigenvalue weighted by atomic mass is 9.81. The van der Waals surface area contributed by atoms with Gasteiger partial charge in [0.25, 0.3) is 0 Å². The van der Waals surface area contributed by atoms with Crippen LogP contribution in [0.3, 0.4) is 0 Å². The standard InChI is InChI=1S/C42H49N5O3/c1-28(30-12-5-3-6-13-30)41(49)46-24-10-18-37(46)39-43-27-36(45-39)34-17-9-16-33(26-34)32-20-22-35(23-21-32)44-40(48)38-19-11-25-47(38)42(50)29(2)31-14-7-4-8-15-31/h3-9,12-17,26-29,32,35,37-38H,10-11,18-25H2,1-2H3,(H,43,45)(H,44,48)/t28-,29-,32-,35-,37+,38+/m1/s1. The number of hydrogen-bond donors (Lipinski definition) is 2. The van der Waals surface area contributed by atoms with Gasteiger partial charge in [-0.3, -0.25) is 14.4 Å². The zero-order valence-corrected chi connectivity index (χ0v) is 29.3. The van der Waals surface area contributed by atoms with Crippen LogP contribution in [0.5, 0.6) is 0 Å². The summed E-state index contributed by atoms with van der Waals surface area (Å²) in [5.41, 5.74) is 5.40. The Bertz CT molecular complexity index is 1780. The molecule has 8 nitrogen and oxygen atoms in total. The molecule has 2 N–H and O–H groups in total. The third kappa shape index (κ3) is 7.11. The second kappa shape index (κ2) is 15.0. The summed E-state index contributed by atoms with van der Waals surface area (Å²) in [5, 5.41) is 3.32. The Morgan fingerprint density at radius 3 is 2.04 bits per heavy atom. The summed E-state index contributed by atoms with van der Waals surface area (Å²) >= 11 is 0. The van der Waals surface area contributed by atoms with Crippen molar-refractivity contribution in [3.8, 4) is 11.3 Å². The van der Waals surface area contributed by atoms with E-state index in [1.54, 1.807) is 4.90 Å². The molecule has 3 aromatic carbocycles. The second-order valence-electron chi connectivity index (χ2n) is 14.5. The largest absolute Gasteiger partial charge is 0.352 e. The van der Waals surface area contributed by atoms with Gasteiger partial charge in [-0.15, -0.1) is 0 Å². The first kappa shape index (κ1) is 33.8. The zero-order chi connectivity index (χ0) is 34.6. The maximum Gasteiger partial charge on any atom is 0.243 e. The Morgan fingerprint density at radius 1 is 0.740 bits per heavy atom. The monoisotopic (exact) mass is 671 g/mol. The van der Waals surface area contributed by atoms with E-state index in [1.165, 1.54) is 5.56 Å². The molecule has 1 aliphatic carbocycles. The molecule has 3 aliphatic rings. The first-order chi connectivity index (χ1) is 24.4. The van der Waals surface area contributed by atoms with Crippen LogP contribution in [0.1, 0.15) is 112 Å². The van der Waals surface area contributed by atoms with Gasteiger partial charge in [0.15, 0.2) is 0 Å². The smallest absolute Gasteiger partial charge is 0.243 e. The Hall–Kier alpha value is -4.72. The lowest BCUT2D eigenvalue weighted by Crippen LogP contribution is -2.50. The van der Waals surface area contributed by atoms with E-state index in [2.05, 4.69) is 34.6 Å². The highest BCUT2D eigenvalue weighted by molar-refractivity contribution is 5.91. The fraction of sp³-hybridized carbons (Fsp3) is 0.429. The molecule has 0 radical (unpaired) electrons. The summed E-state index contributed by atoms with van der Waals surface area (Å²) in [6, 6.07) is 28.2. The molecule has 0 spiro atoms. The minimum absolute atomic E-state index is 0.00587. The number of nitrogens with one attached hydrogen (secondary N) is 2. The molecule has 4 aromatic rings. The van der Waals surface area contributed by atoms with Crippen molar-refractivity contribution in [2.24, 2.45) is 0 Å². The van der Waals surface area contributed by atoms with Crippen molar-refractivity contribution < 1.29 is 14.4 Å². The van der Waals surface area contributed by atoms with Crippen LogP contribution in [-0.2, 0) is 14.4 Å². The van der Waals surface area contributed by atoms with Crippen LogP contribution in [0.4, 0.5) is 0 Å². The van der Waals surface area contributed by atoms with Crippen molar-refractivity contribution in [3.63, 3.8) is 0 Å². The van der Waals surface area contributed by atoms with Crippen LogP contribution in [-0.4, -0.2) is 62.7 Å². The molecule has 2 aliphatic heterocycles. The Kier molecular flexibility index (Phi) is 10.2. The van der Waals surface area contributed by atoms with E-state index in [9.17, 15) is 14.4 Å². The minimum Gasteiger partial charge on any atom is -0.352 e. The van der Waals surface area contributed by atoms with Crippen LogP contribution in [0.25, 0.3) is 11.3 Å². The molecule has 1 saturated carbocycles. The van der Waals surface area contributed by atoms with Crippen LogP contribution < -0.4 is 5.32 Å². The van der Waals surface area contributed by atoms with Crippen molar-refractivity contribution in [3.05, 3.63) is 114 Å². The van der Waals surface area contributed by atoms with Crippen LogP contribution in [0, 0.1) is 0 Å². The quantitative estimate of drug-likeness (QED) is 0.193. The van der Waals surface area contributed by atoms with E-state index >= 15 is 0 Å². The van der Waals surface area contributed by atoms with Crippen molar-refractivity contribution in [2.75, 3.05) is 13.1 Å². The zero-order valence-electron chi connectivity index (χ0n) is 29.3. The molecule has 0 bridgehead atoms. The normalized spacial score (nSPS) is 23.4. The maximum absolute atomic E-state index is 13.5. The van der Waals surface area contributed by atoms with Crippen molar-refractivity contribution in [2.45, 2.75) is 101 Å². The van der Waals surface area contributed by atoms with Gasteiger partial charge in [0.1, 0.15) is 11.9 Å². The van der Waals surface area contributed by atoms with E-state index in [4.69, 9.17) is 4.98 Å². The number of aromatic nitrogens is 2. The molecule has 3 heterocycles. The molecule has 50 heavy (non-hydrogen) atoms. The van der Waals surface area contributed by atoms with Gasteiger partial charge in [-0.05, 0) is 99.5 Å². The highest BCUT2D eigenvalue weighted by Gasteiger charge is 2.38. The van der Waals surface area contributed by atoms with Gasteiger partial charge in [0, 0.05) is 19.1 Å². The van der Waals surface area contributed by atoms with Gasteiger partial charge < -0.3 is 20.1 Å². The van der Waals surface area contributed by atoms with E-state index < -0.39 is 0 Å². The Morgan fingerprint density at radius 2 is 1.36 bits per heavy atom. The number of nitrogens with zero attached hydrogens (tertiary/aromatic N) is 3. The van der Waals surface area contributed by atoms with E-state index in [1.807, 2.05) is 85.6 Å². The maximum atomic E-state index is 13.5. The number of rotatable bonds is 9. The predicted octanol–water partition coefficient (Wildman–Crippen LogP) is 7.48. The van der Waals surface area contributed by atoms with E-state index in [0.717, 1.165) is 86.1 Å². The number of carbonyl (C=O) groups excluding carboxylic acids is 3. The summed E-state index contributed by atoms with van der Waals surface area (Å²) in [6.45, 7) is 5.32. The molecule has 4 atom stereocenters. The third-order valence-electron chi connectivity index (χ3n) is 11.4. The predicted molar refractivity (Wildman–Crippen MR) is 195 cm³/mol. The average Bonchev–Trinajstić information content (AvgIpc) is 3.96. The Balaban J connectivity index is 0.943. The lowest BCUT2D eigenvalue weighted by Gasteiger charge is -2.32. The molecule has 3 fully saturated rings. The first-order valence-electron chi connectivity index (χ1n) is 18.5.